The SMILES string of the molecule is CC(=O)O[C@H]1[C@H](O)C2=C(C)[C@@H](O)C[C@@]2(C(C)(C)O)C(OC(=O)c2ccccc2)C2[C@@]1(C)[C@@H](O)C[C@H]1OC[C@@]21OC(C)=O. The monoisotopic (exact) mass is 588 g/mol. The number of benzene rings is 1. The Kier molecular flexibility index (Phi) is 7.38. The number of aliphatic hydroxyl groups is 4. The van der Waals surface area contributed by atoms with Crippen molar-refractivity contribution in [1.82, 2.24) is 0 Å². The lowest BCUT2D eigenvalue weighted by Crippen LogP contribution is -2.79. The first-order valence-corrected chi connectivity index (χ1v) is 14.2. The summed E-state index contributed by atoms with van der Waals surface area (Å²) in [5.74, 6) is -3.34. The van der Waals surface area contributed by atoms with Crippen molar-refractivity contribution in [3.8, 4) is 0 Å². The quantitative estimate of drug-likeness (QED) is 0.223. The van der Waals surface area contributed by atoms with Gasteiger partial charge in [-0.1, -0.05) is 25.1 Å². The number of rotatable bonds is 5. The zero-order chi connectivity index (χ0) is 31.0. The number of hydrogen-bond donors (Lipinski definition) is 4. The third kappa shape index (κ3) is 4.16. The van der Waals surface area contributed by atoms with Gasteiger partial charge >= 0.3 is 17.9 Å². The van der Waals surface area contributed by atoms with Crippen molar-refractivity contribution in [1.29, 1.82) is 0 Å². The first-order valence-electron chi connectivity index (χ1n) is 14.2. The standard InChI is InChI=1S/C31H40O11/c1-15-19(34)13-30(28(4,5)38)22(15)23(36)25(40-16(2)32)29(6)20(35)12-21-31(14-39-21,42-17(3)33)24(29)26(30)41-27(37)18-10-8-7-9-11-18/h7-11,19-21,23-26,34-36,38H,12-14H2,1-6H3/t19-,20-,21+,23+,24?,25-,26?,29+,30-,31-/m0/s1. The average Bonchev–Trinajstić information content (AvgIpc) is 3.15. The molecule has 11 nitrogen and oxygen atoms in total. The van der Waals surface area contributed by atoms with Gasteiger partial charge in [0.2, 0.25) is 0 Å². The highest BCUT2D eigenvalue weighted by Gasteiger charge is 2.79. The molecule has 2 saturated carbocycles. The Hall–Kier alpha value is -2.83. The zero-order valence-electron chi connectivity index (χ0n) is 24.7. The highest BCUT2D eigenvalue weighted by Crippen LogP contribution is 2.68. The number of hydrogen-bond acceptors (Lipinski definition) is 11. The number of carbonyl (C=O) groups excluding carboxylic acids is 3. The summed E-state index contributed by atoms with van der Waals surface area (Å²) in [6.07, 6.45) is -7.95. The van der Waals surface area contributed by atoms with Gasteiger partial charge in [0.25, 0.3) is 0 Å². The highest BCUT2D eigenvalue weighted by molar-refractivity contribution is 5.89. The molecule has 0 aromatic heterocycles. The third-order valence-electron chi connectivity index (χ3n) is 10.3. The van der Waals surface area contributed by atoms with Crippen LogP contribution in [0, 0.1) is 16.7 Å². The molecular formula is C31H40O11. The molecule has 1 aliphatic heterocycles. The second kappa shape index (κ2) is 10.1. The maximum Gasteiger partial charge on any atom is 0.338 e. The Morgan fingerprint density at radius 3 is 2.17 bits per heavy atom. The maximum absolute atomic E-state index is 13.8. The molecule has 230 valence electrons. The largest absolute Gasteiger partial charge is 0.459 e. The summed E-state index contributed by atoms with van der Waals surface area (Å²) in [5, 5.41) is 47.3. The van der Waals surface area contributed by atoms with Gasteiger partial charge in [0.1, 0.15) is 24.4 Å². The van der Waals surface area contributed by atoms with Crippen LogP contribution < -0.4 is 0 Å². The lowest BCUT2D eigenvalue weighted by atomic mass is 9.49. The molecule has 0 spiro atoms. The molecule has 1 saturated heterocycles. The van der Waals surface area contributed by atoms with Crippen LogP contribution in [-0.2, 0) is 28.5 Å². The van der Waals surface area contributed by atoms with Crippen molar-refractivity contribution in [2.45, 2.75) is 102 Å². The lowest BCUT2D eigenvalue weighted by Gasteiger charge is -2.65. The predicted octanol–water partition coefficient (Wildman–Crippen LogP) is 1.44. The normalized spacial score (nSPS) is 41.0. The van der Waals surface area contributed by atoms with Crippen LogP contribution in [0.2, 0.25) is 0 Å². The van der Waals surface area contributed by atoms with Crippen LogP contribution in [0.15, 0.2) is 41.5 Å². The maximum atomic E-state index is 13.8. The van der Waals surface area contributed by atoms with Gasteiger partial charge < -0.3 is 39.4 Å². The molecule has 0 radical (unpaired) electrons. The van der Waals surface area contributed by atoms with Crippen LogP contribution in [0.25, 0.3) is 0 Å². The van der Waals surface area contributed by atoms with E-state index in [1.165, 1.54) is 27.7 Å². The van der Waals surface area contributed by atoms with Crippen molar-refractivity contribution >= 4 is 17.9 Å². The number of ether oxygens (including phenoxy) is 4. The molecule has 1 heterocycles. The van der Waals surface area contributed by atoms with Gasteiger partial charge in [0.15, 0.2) is 5.60 Å². The van der Waals surface area contributed by atoms with Crippen LogP contribution in [0.1, 0.15) is 64.7 Å². The zero-order valence-corrected chi connectivity index (χ0v) is 24.7. The number of carbonyl (C=O) groups is 3. The molecule has 3 fully saturated rings. The Balaban J connectivity index is 1.87. The lowest BCUT2D eigenvalue weighted by molar-refractivity contribution is -0.351. The van der Waals surface area contributed by atoms with Crippen molar-refractivity contribution in [3.63, 3.8) is 0 Å². The molecule has 3 aliphatic carbocycles. The van der Waals surface area contributed by atoms with Crippen molar-refractivity contribution < 1.29 is 53.8 Å². The molecule has 4 N–H and O–H groups in total. The van der Waals surface area contributed by atoms with E-state index in [9.17, 15) is 34.8 Å². The topological polar surface area (TPSA) is 169 Å². The van der Waals surface area contributed by atoms with Crippen LogP contribution in [0.5, 0.6) is 0 Å². The summed E-state index contributed by atoms with van der Waals surface area (Å²) in [5.41, 5.74) is -5.86. The highest BCUT2D eigenvalue weighted by atomic mass is 16.6. The van der Waals surface area contributed by atoms with Crippen molar-refractivity contribution in [2.24, 2.45) is 16.7 Å². The van der Waals surface area contributed by atoms with Gasteiger partial charge in [0, 0.05) is 25.7 Å². The summed E-state index contributed by atoms with van der Waals surface area (Å²) >= 11 is 0. The molecule has 2 unspecified atom stereocenters. The fraction of sp³-hybridized carbons (Fsp3) is 0.645. The van der Waals surface area contributed by atoms with E-state index < -0.39 is 82.5 Å². The van der Waals surface area contributed by atoms with Crippen LogP contribution in [-0.4, -0.2) is 92.8 Å². The fourth-order valence-corrected chi connectivity index (χ4v) is 8.35. The van der Waals surface area contributed by atoms with Crippen LogP contribution in [0.3, 0.4) is 0 Å². The van der Waals surface area contributed by atoms with E-state index in [1.807, 2.05) is 0 Å². The van der Waals surface area contributed by atoms with Gasteiger partial charge in [-0.15, -0.1) is 0 Å². The second-order valence-corrected chi connectivity index (χ2v) is 13.0. The van der Waals surface area contributed by atoms with Gasteiger partial charge in [-0.3, -0.25) is 9.59 Å². The van der Waals surface area contributed by atoms with E-state index in [0.29, 0.717) is 5.57 Å². The minimum atomic E-state index is -1.77. The van der Waals surface area contributed by atoms with E-state index in [4.69, 9.17) is 18.9 Å². The molecule has 1 aromatic rings. The summed E-state index contributed by atoms with van der Waals surface area (Å²) < 4.78 is 24.1. The van der Waals surface area contributed by atoms with E-state index in [0.717, 1.165) is 0 Å². The van der Waals surface area contributed by atoms with Crippen LogP contribution >= 0.6 is 0 Å². The molecule has 5 rings (SSSR count). The van der Waals surface area contributed by atoms with Crippen LogP contribution in [0.4, 0.5) is 0 Å². The molecule has 0 amide bonds. The predicted molar refractivity (Wildman–Crippen MR) is 146 cm³/mol. The van der Waals surface area contributed by atoms with Gasteiger partial charge in [-0.2, -0.15) is 0 Å². The van der Waals surface area contributed by atoms with E-state index >= 15 is 0 Å². The van der Waals surface area contributed by atoms with Crippen molar-refractivity contribution in [3.05, 3.63) is 47.0 Å². The smallest absolute Gasteiger partial charge is 0.338 e. The van der Waals surface area contributed by atoms with Gasteiger partial charge in [-0.25, -0.2) is 4.79 Å². The molecule has 1 aromatic carbocycles. The molecule has 42 heavy (non-hydrogen) atoms. The Bertz CT molecular complexity index is 1300. The van der Waals surface area contributed by atoms with E-state index in [2.05, 4.69) is 0 Å². The minimum absolute atomic E-state index is 0.0275. The summed E-state index contributed by atoms with van der Waals surface area (Å²) in [6.45, 7) is 8.45. The number of esters is 3. The summed E-state index contributed by atoms with van der Waals surface area (Å²) in [4.78, 5) is 39.0. The van der Waals surface area contributed by atoms with Gasteiger partial charge in [-0.05, 0) is 50.5 Å². The van der Waals surface area contributed by atoms with E-state index in [1.54, 1.807) is 44.2 Å². The average molecular weight is 589 g/mol. The molecule has 0 bridgehead atoms. The van der Waals surface area contributed by atoms with Gasteiger partial charge in [0.05, 0.1) is 41.3 Å². The van der Waals surface area contributed by atoms with Crippen molar-refractivity contribution in [2.75, 3.05) is 6.61 Å². The Morgan fingerprint density at radius 2 is 1.64 bits per heavy atom. The first kappa shape index (κ1) is 30.6. The Morgan fingerprint density at radius 1 is 1.00 bits per heavy atom. The van der Waals surface area contributed by atoms with E-state index in [-0.39, 0.29) is 30.6 Å². The molecule has 11 heteroatoms. The number of aliphatic hydroxyl groups excluding tert-OH is 3. The Labute approximate surface area is 244 Å². The molecule has 10 atom stereocenters. The second-order valence-electron chi connectivity index (χ2n) is 13.0. The number of fused-ring (bicyclic) bond motifs is 4. The first-order chi connectivity index (χ1) is 19.5. The molecular weight excluding hydrogens is 548 g/mol. The molecule has 4 aliphatic rings. The minimum Gasteiger partial charge on any atom is -0.459 e. The summed E-state index contributed by atoms with van der Waals surface area (Å²) in [6, 6.07) is 8.18. The summed E-state index contributed by atoms with van der Waals surface area (Å²) in [7, 11) is 0. The third-order valence-corrected chi connectivity index (χ3v) is 10.3. The fourth-order valence-electron chi connectivity index (χ4n) is 8.35.